The van der Waals surface area contributed by atoms with Gasteiger partial charge in [-0.05, 0) is 12.0 Å². The van der Waals surface area contributed by atoms with Crippen molar-refractivity contribution in [2.75, 3.05) is 26.2 Å². The minimum absolute atomic E-state index is 0.0349. The fraction of sp³-hybridized carbons (Fsp3) is 0.600. The third kappa shape index (κ3) is 3.31. The summed E-state index contributed by atoms with van der Waals surface area (Å²) in [5.74, 6) is -0.591. The van der Waals surface area contributed by atoms with Crippen molar-refractivity contribution in [2.45, 2.75) is 26.3 Å². The second-order valence-corrected chi connectivity index (χ2v) is 5.28. The molecule has 1 saturated heterocycles. The highest BCUT2D eigenvalue weighted by Gasteiger charge is 2.28. The molecule has 4 heteroatoms. The standard InChI is InChI=1S/C15H22F2N2/c1-3-11(2)15(19-8-6-18-7-9-19)13-5-4-12(16)10-14(13)17/h4-5,10-11,15,18H,3,6-9H2,1-2H3/t11?,15-/m0/s1. The van der Waals surface area contributed by atoms with Crippen LogP contribution in [-0.4, -0.2) is 31.1 Å². The van der Waals surface area contributed by atoms with E-state index in [-0.39, 0.29) is 6.04 Å². The summed E-state index contributed by atoms with van der Waals surface area (Å²) < 4.78 is 27.1. The van der Waals surface area contributed by atoms with Crippen LogP contribution in [0.4, 0.5) is 8.78 Å². The highest BCUT2D eigenvalue weighted by atomic mass is 19.1. The summed E-state index contributed by atoms with van der Waals surface area (Å²) in [6.45, 7) is 7.92. The second kappa shape index (κ2) is 6.44. The van der Waals surface area contributed by atoms with E-state index in [0.29, 0.717) is 11.5 Å². The maximum atomic E-state index is 14.1. The molecule has 1 N–H and O–H groups in total. The molecular weight excluding hydrogens is 246 g/mol. The first-order chi connectivity index (χ1) is 9.13. The third-order valence-electron chi connectivity index (χ3n) is 4.01. The van der Waals surface area contributed by atoms with Gasteiger partial charge in [-0.1, -0.05) is 26.3 Å². The van der Waals surface area contributed by atoms with E-state index in [9.17, 15) is 8.78 Å². The molecule has 0 spiro atoms. The van der Waals surface area contributed by atoms with Gasteiger partial charge >= 0.3 is 0 Å². The van der Waals surface area contributed by atoms with Crippen molar-refractivity contribution in [2.24, 2.45) is 5.92 Å². The summed E-state index contributed by atoms with van der Waals surface area (Å²) in [6, 6.07) is 3.99. The Morgan fingerprint density at radius 1 is 1.26 bits per heavy atom. The van der Waals surface area contributed by atoms with E-state index in [1.165, 1.54) is 6.07 Å². The van der Waals surface area contributed by atoms with Crippen LogP contribution in [0.3, 0.4) is 0 Å². The predicted molar refractivity (Wildman–Crippen MR) is 73.0 cm³/mol. The molecule has 1 aromatic carbocycles. The van der Waals surface area contributed by atoms with Gasteiger partial charge in [-0.25, -0.2) is 8.78 Å². The lowest BCUT2D eigenvalue weighted by Gasteiger charge is -2.38. The Labute approximate surface area is 113 Å². The molecule has 2 rings (SSSR count). The molecule has 0 radical (unpaired) electrons. The fourth-order valence-electron chi connectivity index (χ4n) is 2.79. The predicted octanol–water partition coefficient (Wildman–Crippen LogP) is 2.96. The first-order valence-electron chi connectivity index (χ1n) is 7.03. The molecule has 0 aliphatic carbocycles. The van der Waals surface area contributed by atoms with Crippen molar-refractivity contribution >= 4 is 0 Å². The van der Waals surface area contributed by atoms with Crippen molar-refractivity contribution in [1.29, 1.82) is 0 Å². The molecule has 1 aromatic rings. The lowest BCUT2D eigenvalue weighted by molar-refractivity contribution is 0.125. The summed E-state index contributed by atoms with van der Waals surface area (Å²) in [5.41, 5.74) is 0.623. The van der Waals surface area contributed by atoms with Crippen molar-refractivity contribution < 1.29 is 8.78 Å². The zero-order valence-electron chi connectivity index (χ0n) is 11.6. The lowest BCUT2D eigenvalue weighted by Crippen LogP contribution is -2.46. The van der Waals surface area contributed by atoms with Crippen LogP contribution in [0.15, 0.2) is 18.2 Å². The number of piperazine rings is 1. The van der Waals surface area contributed by atoms with E-state index in [1.54, 1.807) is 6.07 Å². The maximum Gasteiger partial charge on any atom is 0.130 e. The van der Waals surface area contributed by atoms with Gasteiger partial charge in [-0.15, -0.1) is 0 Å². The molecule has 0 saturated carbocycles. The first kappa shape index (κ1) is 14.4. The molecule has 1 aliphatic heterocycles. The van der Waals surface area contributed by atoms with Gasteiger partial charge in [0.25, 0.3) is 0 Å². The van der Waals surface area contributed by atoms with Crippen molar-refractivity contribution in [3.05, 3.63) is 35.4 Å². The highest BCUT2D eigenvalue weighted by Crippen LogP contribution is 2.32. The SMILES string of the molecule is CCC(C)[C@@H](c1ccc(F)cc1F)N1CCNCC1. The van der Waals surface area contributed by atoms with Crippen molar-refractivity contribution in [3.63, 3.8) is 0 Å². The van der Waals surface area contributed by atoms with E-state index < -0.39 is 11.6 Å². The Kier molecular flexibility index (Phi) is 4.88. The minimum atomic E-state index is -0.510. The molecule has 1 aliphatic rings. The number of hydrogen-bond acceptors (Lipinski definition) is 2. The Morgan fingerprint density at radius 3 is 2.53 bits per heavy atom. The third-order valence-corrected chi connectivity index (χ3v) is 4.01. The molecule has 1 unspecified atom stereocenters. The van der Waals surface area contributed by atoms with Gasteiger partial charge in [0.2, 0.25) is 0 Å². The van der Waals surface area contributed by atoms with Crippen LogP contribution in [0.25, 0.3) is 0 Å². The molecule has 0 amide bonds. The Morgan fingerprint density at radius 2 is 1.95 bits per heavy atom. The van der Waals surface area contributed by atoms with E-state index in [0.717, 1.165) is 38.7 Å². The van der Waals surface area contributed by atoms with E-state index >= 15 is 0 Å². The van der Waals surface area contributed by atoms with Crippen LogP contribution in [0.2, 0.25) is 0 Å². The van der Waals surface area contributed by atoms with E-state index in [1.807, 2.05) is 0 Å². The molecule has 2 atom stereocenters. The molecule has 0 bridgehead atoms. The summed E-state index contributed by atoms with van der Waals surface area (Å²) in [4.78, 5) is 2.31. The summed E-state index contributed by atoms with van der Waals surface area (Å²) >= 11 is 0. The first-order valence-corrected chi connectivity index (χ1v) is 7.03. The molecular formula is C15H22F2N2. The Hall–Kier alpha value is -1.00. The number of benzene rings is 1. The van der Waals surface area contributed by atoms with Crippen molar-refractivity contribution in [3.8, 4) is 0 Å². The largest absolute Gasteiger partial charge is 0.314 e. The van der Waals surface area contributed by atoms with Crippen LogP contribution in [0.1, 0.15) is 31.9 Å². The van der Waals surface area contributed by atoms with E-state index in [2.05, 4.69) is 24.1 Å². The number of nitrogens with one attached hydrogen (secondary N) is 1. The summed E-state index contributed by atoms with van der Waals surface area (Å²) in [7, 11) is 0. The quantitative estimate of drug-likeness (QED) is 0.903. The van der Waals surface area contributed by atoms with Crippen LogP contribution in [0, 0.1) is 17.6 Å². The van der Waals surface area contributed by atoms with Crippen LogP contribution in [-0.2, 0) is 0 Å². The Bertz CT molecular complexity index is 417. The number of rotatable bonds is 4. The number of halogens is 2. The van der Waals surface area contributed by atoms with Gasteiger partial charge in [0, 0.05) is 43.9 Å². The zero-order chi connectivity index (χ0) is 13.8. The zero-order valence-corrected chi connectivity index (χ0v) is 11.6. The van der Waals surface area contributed by atoms with E-state index in [4.69, 9.17) is 0 Å². The maximum absolute atomic E-state index is 14.1. The van der Waals surface area contributed by atoms with Crippen LogP contribution < -0.4 is 5.32 Å². The number of hydrogen-bond donors (Lipinski definition) is 1. The monoisotopic (exact) mass is 268 g/mol. The highest BCUT2D eigenvalue weighted by molar-refractivity contribution is 5.23. The Balaban J connectivity index is 2.30. The van der Waals surface area contributed by atoms with Gasteiger partial charge in [0.05, 0.1) is 0 Å². The second-order valence-electron chi connectivity index (χ2n) is 5.28. The molecule has 1 fully saturated rings. The topological polar surface area (TPSA) is 15.3 Å². The van der Waals surface area contributed by atoms with Crippen LogP contribution in [0.5, 0.6) is 0 Å². The van der Waals surface area contributed by atoms with Crippen LogP contribution >= 0.6 is 0 Å². The minimum Gasteiger partial charge on any atom is -0.314 e. The summed E-state index contributed by atoms with van der Waals surface area (Å²) in [5, 5.41) is 3.31. The van der Waals surface area contributed by atoms with Gasteiger partial charge < -0.3 is 5.32 Å². The molecule has 19 heavy (non-hydrogen) atoms. The lowest BCUT2D eigenvalue weighted by atomic mass is 9.90. The molecule has 2 nitrogen and oxygen atoms in total. The molecule has 106 valence electrons. The van der Waals surface area contributed by atoms with Gasteiger partial charge in [0.15, 0.2) is 0 Å². The molecule has 1 heterocycles. The molecule has 0 aromatic heterocycles. The summed E-state index contributed by atoms with van der Waals surface area (Å²) in [6.07, 6.45) is 0.978. The van der Waals surface area contributed by atoms with Gasteiger partial charge in [-0.3, -0.25) is 4.90 Å². The van der Waals surface area contributed by atoms with Gasteiger partial charge in [0.1, 0.15) is 11.6 Å². The normalized spacial score (nSPS) is 20.2. The smallest absolute Gasteiger partial charge is 0.130 e. The fourth-order valence-corrected chi connectivity index (χ4v) is 2.79. The number of nitrogens with zero attached hydrogens (tertiary/aromatic N) is 1. The van der Waals surface area contributed by atoms with Crippen molar-refractivity contribution in [1.82, 2.24) is 10.2 Å². The van der Waals surface area contributed by atoms with Gasteiger partial charge in [-0.2, -0.15) is 0 Å². The average Bonchev–Trinajstić information content (AvgIpc) is 2.42. The average molecular weight is 268 g/mol.